The summed E-state index contributed by atoms with van der Waals surface area (Å²) in [4.78, 5) is 14.9. The van der Waals surface area contributed by atoms with E-state index in [-0.39, 0.29) is 16.7 Å². The van der Waals surface area contributed by atoms with Crippen molar-refractivity contribution in [3.8, 4) is 5.75 Å². The molecule has 1 aromatic rings. The van der Waals surface area contributed by atoms with Gasteiger partial charge in [0.15, 0.2) is 0 Å². The minimum atomic E-state index is -0.172. The van der Waals surface area contributed by atoms with Crippen LogP contribution < -0.4 is 0 Å². The molecule has 0 aliphatic carbocycles. The lowest BCUT2D eigenvalue weighted by Crippen LogP contribution is -2.20. The lowest BCUT2D eigenvalue weighted by Gasteiger charge is -2.28. The number of phenolic OH excluding ortho intramolecular Hbond substituents is 1. The summed E-state index contributed by atoms with van der Waals surface area (Å²) < 4.78 is 0. The maximum absolute atomic E-state index is 12.3. The number of hydrogen-bond acceptors (Lipinski definition) is 3. The summed E-state index contributed by atoms with van der Waals surface area (Å²) in [5.41, 5.74) is 3.52. The van der Waals surface area contributed by atoms with Crippen molar-refractivity contribution >= 4 is 23.2 Å². The van der Waals surface area contributed by atoms with Crippen LogP contribution in [0.15, 0.2) is 17.0 Å². The first-order valence-corrected chi connectivity index (χ1v) is 9.30. The molecule has 0 aromatic heterocycles. The Balaban J connectivity index is 2.72. The molecule has 132 valence electrons. The molecule has 1 aliphatic rings. The highest BCUT2D eigenvalue weighted by Crippen LogP contribution is 2.42. The Hall–Kier alpha value is -1.42. The van der Waals surface area contributed by atoms with Crippen LogP contribution in [0.1, 0.15) is 65.2 Å². The predicted molar refractivity (Wildman–Crippen MR) is 103 cm³/mol. The lowest BCUT2D eigenvalue weighted by atomic mass is 9.77. The van der Waals surface area contributed by atoms with Crippen molar-refractivity contribution in [2.24, 2.45) is 0 Å². The molecule has 0 radical (unpaired) electrons. The molecule has 0 saturated carbocycles. The van der Waals surface area contributed by atoms with Crippen LogP contribution in [0.5, 0.6) is 5.75 Å². The Labute approximate surface area is 150 Å². The summed E-state index contributed by atoms with van der Waals surface area (Å²) in [6.45, 7) is 14.6. The highest BCUT2D eigenvalue weighted by Gasteiger charge is 2.29. The van der Waals surface area contributed by atoms with Crippen LogP contribution in [-0.4, -0.2) is 28.8 Å². The van der Waals surface area contributed by atoms with E-state index in [2.05, 4.69) is 41.5 Å². The average molecular weight is 348 g/mol. The number of benzene rings is 1. The zero-order valence-corrected chi connectivity index (χ0v) is 16.9. The quantitative estimate of drug-likeness (QED) is 0.736. The molecule has 4 heteroatoms. The fraction of sp³-hybridized carbons (Fsp3) is 0.550. The van der Waals surface area contributed by atoms with Crippen LogP contribution in [0.2, 0.25) is 0 Å². The third kappa shape index (κ3) is 3.49. The third-order valence-electron chi connectivity index (χ3n) is 4.44. The van der Waals surface area contributed by atoms with Gasteiger partial charge in [-0.25, -0.2) is 0 Å². The van der Waals surface area contributed by atoms with Crippen LogP contribution in [-0.2, 0) is 15.6 Å². The molecule has 2 rings (SSSR count). The molecule has 1 amide bonds. The van der Waals surface area contributed by atoms with E-state index in [1.165, 1.54) is 0 Å². The van der Waals surface area contributed by atoms with E-state index in [1.807, 2.05) is 26.1 Å². The van der Waals surface area contributed by atoms with Gasteiger partial charge in [0.1, 0.15) is 5.75 Å². The van der Waals surface area contributed by atoms with Crippen molar-refractivity contribution in [2.45, 2.75) is 59.3 Å². The smallest absolute Gasteiger partial charge is 0.261 e. The molecular weight excluding hydrogens is 318 g/mol. The number of rotatable bonds is 1. The number of carbonyl (C=O) groups is 1. The van der Waals surface area contributed by atoms with Gasteiger partial charge in [0, 0.05) is 18.2 Å². The van der Waals surface area contributed by atoms with E-state index in [1.54, 1.807) is 16.7 Å². The minimum absolute atomic E-state index is 0.0835. The maximum atomic E-state index is 12.3. The number of phenols is 1. The van der Waals surface area contributed by atoms with Crippen LogP contribution in [0.3, 0.4) is 0 Å². The first-order valence-electron chi connectivity index (χ1n) is 8.31. The summed E-state index contributed by atoms with van der Waals surface area (Å²) in [6, 6.07) is 4.08. The average Bonchev–Trinajstić information content (AvgIpc) is 2.76. The number of thioether (sulfide) groups is 1. The zero-order valence-electron chi connectivity index (χ0n) is 16.1. The first-order chi connectivity index (χ1) is 10.8. The van der Waals surface area contributed by atoms with Crippen molar-refractivity contribution in [1.82, 2.24) is 4.90 Å². The van der Waals surface area contributed by atoms with Gasteiger partial charge in [-0.1, -0.05) is 53.3 Å². The summed E-state index contributed by atoms with van der Waals surface area (Å²) in [7, 11) is 1.83. The van der Waals surface area contributed by atoms with Crippen LogP contribution in [0, 0.1) is 0 Å². The molecule has 0 bridgehead atoms. The third-order valence-corrected chi connectivity index (χ3v) is 5.73. The Kier molecular flexibility index (Phi) is 4.84. The van der Waals surface area contributed by atoms with Gasteiger partial charge < -0.3 is 10.0 Å². The van der Waals surface area contributed by atoms with E-state index in [0.29, 0.717) is 11.6 Å². The molecule has 1 heterocycles. The summed E-state index contributed by atoms with van der Waals surface area (Å²) in [5.74, 6) is 1.15. The van der Waals surface area contributed by atoms with E-state index >= 15 is 0 Å². The number of likely N-dealkylation sites (N-methyl/N-ethyl adjacent to an activating group) is 1. The van der Waals surface area contributed by atoms with Gasteiger partial charge in [0.2, 0.25) is 0 Å². The standard InChI is InChI=1S/C20H29NO2S/c1-12(17-18(23)21(8)11-24-17)13-9-14(19(2,3)4)16(22)15(10-13)20(5,6)7/h9-10,22H,11H2,1-8H3. The maximum Gasteiger partial charge on any atom is 0.261 e. The topological polar surface area (TPSA) is 40.5 Å². The summed E-state index contributed by atoms with van der Waals surface area (Å²) in [6.07, 6.45) is 0. The van der Waals surface area contributed by atoms with Crippen molar-refractivity contribution in [3.63, 3.8) is 0 Å². The van der Waals surface area contributed by atoms with Crippen LogP contribution in [0.25, 0.3) is 5.57 Å². The molecule has 1 aliphatic heterocycles. The number of carbonyl (C=O) groups excluding carboxylic acids is 1. The van der Waals surface area contributed by atoms with Gasteiger partial charge in [-0.15, -0.1) is 0 Å². The van der Waals surface area contributed by atoms with E-state index in [0.717, 1.165) is 27.2 Å². The molecule has 0 spiro atoms. The molecular formula is C20H29NO2S. The van der Waals surface area contributed by atoms with Crippen LogP contribution >= 0.6 is 11.8 Å². The predicted octanol–water partition coefficient (Wildman–Crippen LogP) is 4.88. The Bertz CT molecular complexity index is 670. The molecule has 0 atom stereocenters. The van der Waals surface area contributed by atoms with Crippen molar-refractivity contribution in [1.29, 1.82) is 0 Å². The molecule has 24 heavy (non-hydrogen) atoms. The molecule has 1 N–H and O–H groups in total. The van der Waals surface area contributed by atoms with Crippen molar-refractivity contribution in [2.75, 3.05) is 12.9 Å². The van der Waals surface area contributed by atoms with E-state index in [9.17, 15) is 9.90 Å². The van der Waals surface area contributed by atoms with E-state index < -0.39 is 0 Å². The molecule has 3 nitrogen and oxygen atoms in total. The Morgan fingerprint density at radius 3 is 1.88 bits per heavy atom. The summed E-state index contributed by atoms with van der Waals surface area (Å²) in [5, 5.41) is 10.8. The fourth-order valence-corrected chi connectivity index (χ4v) is 3.90. The number of nitrogens with zero attached hydrogens (tertiary/aromatic N) is 1. The zero-order chi connectivity index (χ0) is 18.4. The normalized spacial score (nSPS) is 18.3. The molecule has 1 saturated heterocycles. The second kappa shape index (κ2) is 6.14. The molecule has 1 aromatic carbocycles. The highest BCUT2D eigenvalue weighted by atomic mass is 32.2. The summed E-state index contributed by atoms with van der Waals surface area (Å²) >= 11 is 1.59. The van der Waals surface area contributed by atoms with Gasteiger partial charge in [0.05, 0.1) is 10.8 Å². The monoisotopic (exact) mass is 347 g/mol. The largest absolute Gasteiger partial charge is 0.507 e. The second-order valence-electron chi connectivity index (χ2n) is 8.65. The highest BCUT2D eigenvalue weighted by molar-refractivity contribution is 8.04. The van der Waals surface area contributed by atoms with Gasteiger partial charge in [-0.05, 0) is 41.0 Å². The van der Waals surface area contributed by atoms with Crippen LogP contribution in [0.4, 0.5) is 0 Å². The number of allylic oxidation sites excluding steroid dienone is 1. The second-order valence-corrected chi connectivity index (χ2v) is 9.61. The number of hydrogen-bond donors (Lipinski definition) is 1. The van der Waals surface area contributed by atoms with Crippen molar-refractivity contribution < 1.29 is 9.90 Å². The lowest BCUT2D eigenvalue weighted by molar-refractivity contribution is -0.123. The Morgan fingerprint density at radius 1 is 1.08 bits per heavy atom. The minimum Gasteiger partial charge on any atom is -0.507 e. The number of aromatic hydroxyl groups is 1. The van der Waals surface area contributed by atoms with Gasteiger partial charge >= 0.3 is 0 Å². The molecule has 1 fully saturated rings. The van der Waals surface area contributed by atoms with E-state index in [4.69, 9.17) is 0 Å². The molecule has 0 unspecified atom stereocenters. The first kappa shape index (κ1) is 18.9. The number of amides is 1. The Morgan fingerprint density at radius 2 is 1.54 bits per heavy atom. The fourth-order valence-electron chi connectivity index (χ4n) is 2.85. The van der Waals surface area contributed by atoms with Gasteiger partial charge in [-0.2, -0.15) is 0 Å². The SMILES string of the molecule is CC(=C1SCN(C)C1=O)c1cc(C(C)(C)C)c(O)c(C(C)(C)C)c1. The van der Waals surface area contributed by atoms with Crippen molar-refractivity contribution in [3.05, 3.63) is 33.7 Å². The van der Waals surface area contributed by atoms with Gasteiger partial charge in [-0.3, -0.25) is 4.79 Å². The van der Waals surface area contributed by atoms with Gasteiger partial charge in [0.25, 0.3) is 5.91 Å².